The van der Waals surface area contributed by atoms with Gasteiger partial charge in [0.15, 0.2) is 17.1 Å². The van der Waals surface area contributed by atoms with Crippen molar-refractivity contribution in [3.63, 3.8) is 0 Å². The molecule has 1 aromatic carbocycles. The highest BCUT2D eigenvalue weighted by atomic mass is 35.5. The van der Waals surface area contributed by atoms with Crippen molar-refractivity contribution in [1.82, 2.24) is 35.1 Å². The van der Waals surface area contributed by atoms with E-state index in [1.54, 1.807) is 12.4 Å². The van der Waals surface area contributed by atoms with Crippen molar-refractivity contribution in [3.8, 4) is 33.8 Å². The van der Waals surface area contributed by atoms with Crippen LogP contribution in [-0.2, 0) is 0 Å². The van der Waals surface area contributed by atoms with Crippen LogP contribution in [0.3, 0.4) is 0 Å². The number of H-pyrrole nitrogens is 2. The van der Waals surface area contributed by atoms with E-state index in [1.807, 2.05) is 42.7 Å². The van der Waals surface area contributed by atoms with E-state index in [9.17, 15) is 0 Å². The normalized spacial score (nSPS) is 13.3. The molecule has 0 bridgehead atoms. The second-order valence-electron chi connectivity index (χ2n) is 9.23. The number of halogens is 1. The smallest absolute Gasteiger partial charge is 0.181 e. The fourth-order valence-corrected chi connectivity index (χ4v) is 4.74. The minimum atomic E-state index is 0.563. The molecule has 0 radical (unpaired) electrons. The zero-order valence-corrected chi connectivity index (χ0v) is 20.4. The van der Waals surface area contributed by atoms with Crippen LogP contribution in [0.4, 0.5) is 5.69 Å². The van der Waals surface area contributed by atoms with Crippen LogP contribution < -0.4 is 5.32 Å². The van der Waals surface area contributed by atoms with E-state index in [0.717, 1.165) is 50.2 Å². The fraction of sp³-hybridized carbons (Fsp3) is 0.107. The van der Waals surface area contributed by atoms with Gasteiger partial charge in [-0.05, 0) is 54.7 Å². The first-order valence-corrected chi connectivity index (χ1v) is 12.4. The zero-order valence-electron chi connectivity index (χ0n) is 19.7. The Hall–Kier alpha value is -4.56. The van der Waals surface area contributed by atoms with Crippen LogP contribution in [0.5, 0.6) is 0 Å². The van der Waals surface area contributed by atoms with Gasteiger partial charge in [0.1, 0.15) is 5.69 Å². The molecule has 5 aromatic heterocycles. The number of allylic oxidation sites excluding steroid dienone is 1. The van der Waals surface area contributed by atoms with Gasteiger partial charge in [0, 0.05) is 46.0 Å². The van der Waals surface area contributed by atoms with Crippen LogP contribution in [0.2, 0.25) is 5.02 Å². The highest BCUT2D eigenvalue weighted by Gasteiger charge is 2.24. The number of rotatable bonds is 6. The van der Waals surface area contributed by atoms with Crippen molar-refractivity contribution in [2.24, 2.45) is 5.92 Å². The molecule has 5 heterocycles. The average molecular weight is 505 g/mol. The van der Waals surface area contributed by atoms with Crippen LogP contribution >= 0.6 is 11.6 Å². The summed E-state index contributed by atoms with van der Waals surface area (Å²) in [7, 11) is 0. The molecule has 0 aliphatic heterocycles. The topological polar surface area (TPSA) is 108 Å². The first kappa shape index (κ1) is 21.7. The molecule has 1 saturated carbocycles. The number of hydrogen-bond donors (Lipinski definition) is 3. The number of aromatic nitrogens is 7. The molecule has 1 aliphatic carbocycles. The molecule has 0 unspecified atom stereocenters. The highest BCUT2D eigenvalue weighted by molar-refractivity contribution is 6.30. The van der Waals surface area contributed by atoms with Gasteiger partial charge in [-0.3, -0.25) is 10.1 Å². The lowest BCUT2D eigenvalue weighted by Gasteiger charge is -2.09. The Morgan fingerprint density at radius 3 is 2.73 bits per heavy atom. The molecule has 3 N–H and O–H groups in total. The molecule has 37 heavy (non-hydrogen) atoms. The molecule has 0 spiro atoms. The van der Waals surface area contributed by atoms with E-state index in [0.29, 0.717) is 28.1 Å². The number of benzene rings is 1. The summed E-state index contributed by atoms with van der Waals surface area (Å²) < 4.78 is 0. The lowest BCUT2D eigenvalue weighted by atomic mass is 10.1. The van der Waals surface area contributed by atoms with Gasteiger partial charge in [0.25, 0.3) is 0 Å². The molecule has 1 aliphatic rings. The average Bonchev–Trinajstić information content (AvgIpc) is 3.55. The van der Waals surface area contributed by atoms with Gasteiger partial charge >= 0.3 is 0 Å². The standard InChI is InChI=1S/C28H21ClN8/c1-15(16-5-6-16)33-21-10-18(12-30-14-21)19-11-23-25(36-37-26(23)32-13-19)28-34-24-22(7-8-31-27(24)35-28)17-3-2-4-20(29)9-17/h2-4,7-14,16,33H,1,5-6H2,(H,31,34,35)(H,32,36,37). The maximum Gasteiger partial charge on any atom is 0.181 e. The molecule has 0 atom stereocenters. The van der Waals surface area contributed by atoms with E-state index in [-0.39, 0.29) is 0 Å². The van der Waals surface area contributed by atoms with E-state index in [2.05, 4.69) is 54.2 Å². The minimum Gasteiger partial charge on any atom is -0.358 e. The molecule has 1 fully saturated rings. The first-order valence-electron chi connectivity index (χ1n) is 12.0. The summed E-state index contributed by atoms with van der Waals surface area (Å²) >= 11 is 6.24. The monoisotopic (exact) mass is 504 g/mol. The number of imidazole rings is 1. The van der Waals surface area contributed by atoms with Crippen LogP contribution in [0.25, 0.3) is 56.0 Å². The number of pyridine rings is 3. The Morgan fingerprint density at radius 1 is 0.973 bits per heavy atom. The summed E-state index contributed by atoms with van der Waals surface area (Å²) in [5.41, 5.74) is 8.57. The first-order chi connectivity index (χ1) is 18.1. The van der Waals surface area contributed by atoms with Crippen molar-refractivity contribution < 1.29 is 0 Å². The lowest BCUT2D eigenvalue weighted by Crippen LogP contribution is -2.00. The van der Waals surface area contributed by atoms with E-state index in [1.165, 1.54) is 12.8 Å². The quantitative estimate of drug-likeness (QED) is 0.235. The third-order valence-electron chi connectivity index (χ3n) is 6.62. The molecule has 6 aromatic rings. The predicted octanol–water partition coefficient (Wildman–Crippen LogP) is 6.61. The highest BCUT2D eigenvalue weighted by Crippen LogP contribution is 2.36. The molecule has 180 valence electrons. The Kier molecular flexibility index (Phi) is 5.00. The van der Waals surface area contributed by atoms with Gasteiger partial charge in [0.05, 0.1) is 22.8 Å². The van der Waals surface area contributed by atoms with Crippen LogP contribution in [0, 0.1) is 5.92 Å². The Bertz CT molecular complexity index is 1810. The second kappa shape index (κ2) is 8.53. The van der Waals surface area contributed by atoms with Crippen molar-refractivity contribution in [2.45, 2.75) is 12.8 Å². The predicted molar refractivity (Wildman–Crippen MR) is 146 cm³/mol. The molecule has 9 heteroatoms. The van der Waals surface area contributed by atoms with Gasteiger partial charge in [-0.25, -0.2) is 15.0 Å². The number of hydrogen-bond acceptors (Lipinski definition) is 6. The maximum atomic E-state index is 6.24. The van der Waals surface area contributed by atoms with Crippen molar-refractivity contribution in [1.29, 1.82) is 0 Å². The number of nitrogens with one attached hydrogen (secondary N) is 3. The van der Waals surface area contributed by atoms with Crippen LogP contribution in [0.1, 0.15) is 12.8 Å². The van der Waals surface area contributed by atoms with Crippen molar-refractivity contribution in [3.05, 3.63) is 84.6 Å². The van der Waals surface area contributed by atoms with Gasteiger partial charge in [-0.15, -0.1) is 0 Å². The second-order valence-corrected chi connectivity index (χ2v) is 9.67. The summed E-state index contributed by atoms with van der Waals surface area (Å²) in [5.74, 6) is 1.19. The molecule has 0 saturated heterocycles. The molecule has 0 amide bonds. The maximum absolute atomic E-state index is 6.24. The molecular formula is C28H21ClN8. The largest absolute Gasteiger partial charge is 0.358 e. The van der Waals surface area contributed by atoms with Crippen molar-refractivity contribution in [2.75, 3.05) is 5.32 Å². The Balaban J connectivity index is 1.28. The summed E-state index contributed by atoms with van der Waals surface area (Å²) in [5, 5.41) is 12.4. The van der Waals surface area contributed by atoms with Gasteiger partial charge < -0.3 is 10.3 Å². The summed E-state index contributed by atoms with van der Waals surface area (Å²) in [6, 6.07) is 13.8. The third kappa shape index (κ3) is 4.01. The number of fused-ring (bicyclic) bond motifs is 2. The SMILES string of the molecule is C=C(Nc1cncc(-c2cnc3n[nH]c(-c4nc5nccc(-c6cccc(Cl)c6)c5[nH]4)c3c2)c1)C1CC1. The summed E-state index contributed by atoms with van der Waals surface area (Å²) in [6.45, 7) is 4.16. The van der Waals surface area contributed by atoms with E-state index >= 15 is 0 Å². The number of nitrogens with zero attached hydrogens (tertiary/aromatic N) is 5. The minimum absolute atomic E-state index is 0.563. The Morgan fingerprint density at radius 2 is 1.86 bits per heavy atom. The zero-order chi connectivity index (χ0) is 24.9. The van der Waals surface area contributed by atoms with Crippen LogP contribution in [0.15, 0.2) is 79.5 Å². The van der Waals surface area contributed by atoms with Gasteiger partial charge in [-0.1, -0.05) is 30.3 Å². The van der Waals surface area contributed by atoms with E-state index < -0.39 is 0 Å². The van der Waals surface area contributed by atoms with E-state index in [4.69, 9.17) is 16.6 Å². The van der Waals surface area contributed by atoms with Gasteiger partial charge in [0.2, 0.25) is 0 Å². The van der Waals surface area contributed by atoms with Gasteiger partial charge in [-0.2, -0.15) is 5.10 Å². The molecule has 8 nitrogen and oxygen atoms in total. The number of aromatic amines is 2. The Labute approximate surface area is 216 Å². The fourth-order valence-electron chi connectivity index (χ4n) is 4.55. The molecule has 7 rings (SSSR count). The molecular weight excluding hydrogens is 484 g/mol. The third-order valence-corrected chi connectivity index (χ3v) is 6.86. The summed E-state index contributed by atoms with van der Waals surface area (Å²) in [4.78, 5) is 21.7. The van der Waals surface area contributed by atoms with Crippen molar-refractivity contribution >= 4 is 39.5 Å². The lowest BCUT2D eigenvalue weighted by molar-refractivity contribution is 1.02. The van der Waals surface area contributed by atoms with Crippen LogP contribution in [-0.4, -0.2) is 35.1 Å². The summed E-state index contributed by atoms with van der Waals surface area (Å²) in [6.07, 6.45) is 9.59. The number of anilines is 1.